The van der Waals surface area contributed by atoms with Crippen LogP contribution in [0.1, 0.15) is 117 Å². The van der Waals surface area contributed by atoms with Crippen molar-refractivity contribution in [2.75, 3.05) is 13.2 Å². The Morgan fingerprint density at radius 3 is 1.44 bits per heavy atom. The monoisotopic (exact) mass is 383 g/mol. The molecular formula is C23H45NO3. The van der Waals surface area contributed by atoms with Gasteiger partial charge in [-0.3, -0.25) is 0 Å². The number of hydrogen-bond acceptors (Lipinski definition) is 4. The third-order valence-corrected chi connectivity index (χ3v) is 4.77. The minimum absolute atomic E-state index is 0.164. The molecule has 27 heavy (non-hydrogen) atoms. The number of unbranched alkanes of at least 4 members (excludes halogenated alkanes) is 14. The zero-order valence-corrected chi connectivity index (χ0v) is 18.1. The molecule has 0 aromatic heterocycles. The molecule has 0 atom stereocenters. The van der Waals surface area contributed by atoms with E-state index in [9.17, 15) is 4.79 Å². The fourth-order valence-electron chi connectivity index (χ4n) is 3.03. The van der Waals surface area contributed by atoms with Gasteiger partial charge in [-0.25, -0.2) is 4.79 Å². The van der Waals surface area contributed by atoms with Gasteiger partial charge in [-0.05, 0) is 12.8 Å². The van der Waals surface area contributed by atoms with Crippen LogP contribution < -0.4 is 5.73 Å². The lowest BCUT2D eigenvalue weighted by molar-refractivity contribution is -0.138. The second kappa shape index (κ2) is 21.1. The van der Waals surface area contributed by atoms with Gasteiger partial charge in [-0.2, -0.15) is 0 Å². The Hall–Kier alpha value is -1.19. The normalized spacial score (nSPS) is 11.6. The summed E-state index contributed by atoms with van der Waals surface area (Å²) in [6.45, 7) is 5.50. The first-order chi connectivity index (χ1) is 13.2. The van der Waals surface area contributed by atoms with Crippen LogP contribution in [0.15, 0.2) is 12.0 Å². The van der Waals surface area contributed by atoms with E-state index in [2.05, 4.69) is 13.8 Å². The molecule has 0 radical (unpaired) electrons. The summed E-state index contributed by atoms with van der Waals surface area (Å²) in [4.78, 5) is 11.7. The molecule has 0 aliphatic carbocycles. The van der Waals surface area contributed by atoms with Crippen molar-refractivity contribution in [1.29, 1.82) is 0 Å². The van der Waals surface area contributed by atoms with Crippen LogP contribution in [0.2, 0.25) is 0 Å². The molecule has 0 spiro atoms. The Balaban J connectivity index is 3.41. The highest BCUT2D eigenvalue weighted by molar-refractivity contribution is 5.82. The lowest BCUT2D eigenvalue weighted by Crippen LogP contribution is -2.10. The van der Waals surface area contributed by atoms with Crippen LogP contribution in [-0.2, 0) is 14.3 Å². The number of nitrogens with two attached hydrogens (primary N) is 1. The fraction of sp³-hybridized carbons (Fsp3) is 0.870. The molecule has 0 heterocycles. The van der Waals surface area contributed by atoms with Crippen molar-refractivity contribution in [3.05, 3.63) is 12.0 Å². The van der Waals surface area contributed by atoms with Crippen molar-refractivity contribution >= 4 is 5.97 Å². The highest BCUT2D eigenvalue weighted by atomic mass is 16.5. The van der Waals surface area contributed by atoms with Crippen LogP contribution in [0.25, 0.3) is 0 Å². The van der Waals surface area contributed by atoms with Gasteiger partial charge in [-0.1, -0.05) is 104 Å². The van der Waals surface area contributed by atoms with E-state index in [1.54, 1.807) is 0 Å². The van der Waals surface area contributed by atoms with Gasteiger partial charge in [0.2, 0.25) is 0 Å². The minimum Gasteiger partial charge on any atom is -0.479 e. The van der Waals surface area contributed by atoms with Crippen LogP contribution in [0.4, 0.5) is 0 Å². The summed E-state index contributed by atoms with van der Waals surface area (Å²) in [7, 11) is 0. The van der Waals surface area contributed by atoms with Crippen LogP contribution in [-0.4, -0.2) is 19.2 Å². The third kappa shape index (κ3) is 21.0. The number of carbonyl (C=O) groups excluding carboxylic acids is 1. The summed E-state index contributed by atoms with van der Waals surface area (Å²) in [6, 6.07) is 0. The molecule has 0 saturated heterocycles. The first-order valence-corrected chi connectivity index (χ1v) is 11.5. The summed E-state index contributed by atoms with van der Waals surface area (Å²) in [5, 5.41) is 0. The van der Waals surface area contributed by atoms with Crippen LogP contribution >= 0.6 is 0 Å². The minimum atomic E-state index is -0.397. The van der Waals surface area contributed by atoms with Crippen molar-refractivity contribution in [3.8, 4) is 0 Å². The number of ether oxygens (including phenoxy) is 2. The SMILES string of the molecule is CCCCCCCCCCCCOC(=O)C=C(N)OCCCCCCCC. The molecule has 4 heteroatoms. The Kier molecular flexibility index (Phi) is 20.2. The number of esters is 1. The summed E-state index contributed by atoms with van der Waals surface area (Å²) < 4.78 is 10.5. The van der Waals surface area contributed by atoms with E-state index in [1.165, 1.54) is 83.1 Å². The number of rotatable bonds is 20. The lowest BCUT2D eigenvalue weighted by atomic mass is 10.1. The Morgan fingerprint density at radius 1 is 0.630 bits per heavy atom. The van der Waals surface area contributed by atoms with E-state index >= 15 is 0 Å². The molecular weight excluding hydrogens is 338 g/mol. The van der Waals surface area contributed by atoms with Crippen molar-refractivity contribution in [3.63, 3.8) is 0 Å². The van der Waals surface area contributed by atoms with Crippen molar-refractivity contribution in [2.45, 2.75) is 117 Å². The first-order valence-electron chi connectivity index (χ1n) is 11.5. The van der Waals surface area contributed by atoms with Gasteiger partial charge >= 0.3 is 5.97 Å². The van der Waals surface area contributed by atoms with Gasteiger partial charge in [0.05, 0.1) is 19.3 Å². The standard InChI is InChI=1S/C23H45NO3/c1-3-5-7-9-11-12-13-14-16-18-20-27-23(25)21-22(24)26-19-17-15-10-8-6-4-2/h21H,3-20,24H2,1-2H3. The second-order valence-corrected chi connectivity index (χ2v) is 7.51. The van der Waals surface area contributed by atoms with Gasteiger partial charge in [0.25, 0.3) is 0 Å². The van der Waals surface area contributed by atoms with Crippen molar-refractivity contribution < 1.29 is 14.3 Å². The maximum Gasteiger partial charge on any atom is 0.336 e. The third-order valence-electron chi connectivity index (χ3n) is 4.77. The smallest absolute Gasteiger partial charge is 0.336 e. The van der Waals surface area contributed by atoms with Crippen LogP contribution in [0, 0.1) is 0 Å². The quantitative estimate of drug-likeness (QED) is 0.111. The predicted molar refractivity (Wildman–Crippen MR) is 114 cm³/mol. The molecule has 0 fully saturated rings. The Bertz CT molecular complexity index is 356. The van der Waals surface area contributed by atoms with Crippen LogP contribution in [0.3, 0.4) is 0 Å². The van der Waals surface area contributed by atoms with Crippen molar-refractivity contribution in [1.82, 2.24) is 0 Å². The van der Waals surface area contributed by atoms with Gasteiger partial charge in [0.15, 0.2) is 5.88 Å². The van der Waals surface area contributed by atoms with E-state index in [-0.39, 0.29) is 5.88 Å². The predicted octanol–water partition coefficient (Wildman–Crippen LogP) is 6.63. The summed E-state index contributed by atoms with van der Waals surface area (Å²) >= 11 is 0. The van der Waals surface area contributed by atoms with E-state index in [4.69, 9.17) is 15.2 Å². The Morgan fingerprint density at radius 2 is 1.00 bits per heavy atom. The molecule has 0 aromatic rings. The van der Waals surface area contributed by atoms with E-state index in [0.717, 1.165) is 25.7 Å². The summed E-state index contributed by atoms with van der Waals surface area (Å²) in [5.41, 5.74) is 5.70. The van der Waals surface area contributed by atoms with E-state index < -0.39 is 5.97 Å². The molecule has 0 unspecified atom stereocenters. The first kappa shape index (κ1) is 25.8. The Labute approximate surface area is 168 Å². The molecule has 160 valence electrons. The van der Waals surface area contributed by atoms with Crippen molar-refractivity contribution in [2.24, 2.45) is 5.73 Å². The van der Waals surface area contributed by atoms with Crippen LogP contribution in [0.5, 0.6) is 0 Å². The molecule has 0 amide bonds. The zero-order chi connectivity index (χ0) is 20.0. The number of carbonyl (C=O) groups is 1. The second-order valence-electron chi connectivity index (χ2n) is 7.51. The molecule has 0 rings (SSSR count). The van der Waals surface area contributed by atoms with E-state index in [0.29, 0.717) is 13.2 Å². The highest BCUT2D eigenvalue weighted by Gasteiger charge is 2.01. The zero-order valence-electron chi connectivity index (χ0n) is 18.1. The molecule has 0 aromatic carbocycles. The molecule has 2 N–H and O–H groups in total. The van der Waals surface area contributed by atoms with Gasteiger partial charge < -0.3 is 15.2 Å². The molecule has 0 saturated carbocycles. The average Bonchev–Trinajstić information content (AvgIpc) is 2.65. The summed E-state index contributed by atoms with van der Waals surface area (Å²) in [5.74, 6) is -0.233. The largest absolute Gasteiger partial charge is 0.479 e. The van der Waals surface area contributed by atoms with Gasteiger partial charge in [-0.15, -0.1) is 0 Å². The summed E-state index contributed by atoms with van der Waals surface area (Å²) in [6.07, 6.45) is 21.2. The molecule has 4 nitrogen and oxygen atoms in total. The highest BCUT2D eigenvalue weighted by Crippen LogP contribution is 2.10. The van der Waals surface area contributed by atoms with Gasteiger partial charge in [0, 0.05) is 0 Å². The number of hydrogen-bond donors (Lipinski definition) is 1. The maximum atomic E-state index is 11.7. The topological polar surface area (TPSA) is 61.5 Å². The fourth-order valence-corrected chi connectivity index (χ4v) is 3.03. The average molecular weight is 384 g/mol. The molecule has 0 aliphatic heterocycles. The molecule has 0 bridgehead atoms. The maximum absolute atomic E-state index is 11.7. The van der Waals surface area contributed by atoms with Gasteiger partial charge in [0.1, 0.15) is 0 Å². The van der Waals surface area contributed by atoms with E-state index in [1.807, 2.05) is 0 Å². The molecule has 0 aliphatic rings. The lowest BCUT2D eigenvalue weighted by Gasteiger charge is -2.06.